The van der Waals surface area contributed by atoms with Crippen LogP contribution in [0, 0.1) is 0 Å². The first kappa shape index (κ1) is 19.1. The van der Waals surface area contributed by atoms with Gasteiger partial charge in [-0.2, -0.15) is 0 Å². The summed E-state index contributed by atoms with van der Waals surface area (Å²) in [7, 11) is 0. The highest BCUT2D eigenvalue weighted by Crippen LogP contribution is 2.51. The minimum atomic E-state index is -0.459. The molecule has 0 saturated carbocycles. The zero-order valence-corrected chi connectivity index (χ0v) is 16.4. The maximum Gasteiger partial charge on any atom is 0.161 e. The van der Waals surface area contributed by atoms with Gasteiger partial charge in [-0.1, -0.05) is 68.3 Å². The van der Waals surface area contributed by atoms with Gasteiger partial charge in [0, 0.05) is 0 Å². The summed E-state index contributed by atoms with van der Waals surface area (Å²) in [6, 6.07) is 17.1. The van der Waals surface area contributed by atoms with Gasteiger partial charge in [-0.05, 0) is 54.6 Å². The van der Waals surface area contributed by atoms with Crippen LogP contribution in [0.15, 0.2) is 48.5 Å². The van der Waals surface area contributed by atoms with Gasteiger partial charge in [0.1, 0.15) is 0 Å². The van der Waals surface area contributed by atoms with Crippen LogP contribution in [0.2, 0.25) is 0 Å². The van der Waals surface area contributed by atoms with Gasteiger partial charge in [0.2, 0.25) is 0 Å². The second kappa shape index (κ2) is 7.94. The van der Waals surface area contributed by atoms with Crippen LogP contribution in [0.3, 0.4) is 0 Å². The predicted molar refractivity (Wildman–Crippen MR) is 110 cm³/mol. The molecule has 1 saturated heterocycles. The van der Waals surface area contributed by atoms with E-state index in [2.05, 4.69) is 60.4 Å². The third kappa shape index (κ3) is 3.00. The highest BCUT2D eigenvalue weighted by molar-refractivity contribution is 6.02. The van der Waals surface area contributed by atoms with Crippen LogP contribution in [0.1, 0.15) is 50.2 Å². The van der Waals surface area contributed by atoms with Crippen molar-refractivity contribution in [3.05, 3.63) is 59.7 Å². The Kier molecular flexibility index (Phi) is 5.84. The number of carbonyl (C=O) groups is 1. The average molecular weight is 370 g/mol. The molecule has 1 heterocycles. The van der Waals surface area contributed by atoms with Gasteiger partial charge in [-0.15, -0.1) is 12.4 Å². The molecule has 2 aromatic carbocycles. The predicted octanol–water partition coefficient (Wildman–Crippen LogP) is 5.23. The van der Waals surface area contributed by atoms with E-state index < -0.39 is 5.41 Å². The lowest BCUT2D eigenvalue weighted by atomic mass is 9.71. The quantitative estimate of drug-likeness (QED) is 0.719. The van der Waals surface area contributed by atoms with E-state index in [-0.39, 0.29) is 12.4 Å². The van der Waals surface area contributed by atoms with Crippen molar-refractivity contribution in [1.82, 2.24) is 4.90 Å². The van der Waals surface area contributed by atoms with Crippen molar-refractivity contribution < 1.29 is 4.79 Å². The third-order valence-corrected chi connectivity index (χ3v) is 5.98. The number of rotatable bonds is 5. The summed E-state index contributed by atoms with van der Waals surface area (Å²) in [6.45, 7) is 4.91. The minimum Gasteiger partial charge on any atom is -0.297 e. The second-order valence-electron chi connectivity index (χ2n) is 7.51. The molecular formula is C23H28ClNO. The Balaban J connectivity index is 0.00000196. The third-order valence-electron chi connectivity index (χ3n) is 5.98. The number of hydrogen-bond acceptors (Lipinski definition) is 2. The Hall–Kier alpha value is -1.64. The van der Waals surface area contributed by atoms with Crippen LogP contribution >= 0.6 is 12.4 Å². The summed E-state index contributed by atoms with van der Waals surface area (Å²) in [5, 5.41) is 0. The first-order valence-corrected chi connectivity index (χ1v) is 9.72. The van der Waals surface area contributed by atoms with E-state index in [4.69, 9.17) is 0 Å². The van der Waals surface area contributed by atoms with E-state index in [1.54, 1.807) is 0 Å². The Morgan fingerprint density at radius 2 is 1.46 bits per heavy atom. The minimum absolute atomic E-state index is 0. The molecule has 0 radical (unpaired) electrons. The molecule has 0 spiro atoms. The first-order chi connectivity index (χ1) is 12.3. The summed E-state index contributed by atoms with van der Waals surface area (Å²) in [5.41, 5.74) is 4.48. The highest BCUT2D eigenvalue weighted by Gasteiger charge is 2.47. The maximum absolute atomic E-state index is 13.7. The molecule has 1 aliphatic heterocycles. The van der Waals surface area contributed by atoms with Crippen LogP contribution in [-0.4, -0.2) is 30.3 Å². The molecule has 0 bridgehead atoms. The van der Waals surface area contributed by atoms with Gasteiger partial charge in [0.15, 0.2) is 5.78 Å². The van der Waals surface area contributed by atoms with Crippen LogP contribution in [0.4, 0.5) is 0 Å². The van der Waals surface area contributed by atoms with E-state index >= 15 is 0 Å². The number of Topliss-reactive ketones (excluding diaryl/α,β-unsaturated/α-hetero) is 1. The molecule has 0 aromatic heterocycles. The molecule has 2 nitrogen and oxygen atoms in total. The molecule has 0 N–H and O–H groups in total. The summed E-state index contributed by atoms with van der Waals surface area (Å²) < 4.78 is 0. The Bertz CT molecular complexity index is 734. The van der Waals surface area contributed by atoms with E-state index in [1.165, 1.54) is 41.5 Å². The Morgan fingerprint density at radius 1 is 0.923 bits per heavy atom. The lowest BCUT2D eigenvalue weighted by molar-refractivity contribution is -0.124. The summed E-state index contributed by atoms with van der Waals surface area (Å²) in [6.07, 6.45) is 5.65. The van der Waals surface area contributed by atoms with Crippen LogP contribution in [-0.2, 0) is 10.2 Å². The molecule has 2 aromatic rings. The number of fused-ring (bicyclic) bond motifs is 3. The van der Waals surface area contributed by atoms with Gasteiger partial charge in [-0.25, -0.2) is 0 Å². The first-order valence-electron chi connectivity index (χ1n) is 9.72. The molecule has 0 amide bonds. The fourth-order valence-corrected chi connectivity index (χ4v) is 4.87. The molecule has 3 heteroatoms. The molecule has 1 aliphatic carbocycles. The van der Waals surface area contributed by atoms with Crippen molar-refractivity contribution in [2.45, 2.75) is 44.4 Å². The number of likely N-dealkylation sites (tertiary alicyclic amines) is 1. The SMILES string of the molecule is CCCC1(C(=O)CN2CCCCC2)c2ccccc2-c2ccccc21.Cl. The topological polar surface area (TPSA) is 20.3 Å². The number of hydrogen-bond donors (Lipinski definition) is 0. The number of piperidine rings is 1. The highest BCUT2D eigenvalue weighted by atomic mass is 35.5. The zero-order chi connectivity index (χ0) is 17.3. The fraction of sp³-hybridized carbons (Fsp3) is 0.435. The van der Waals surface area contributed by atoms with Crippen LogP contribution < -0.4 is 0 Å². The standard InChI is InChI=1S/C23H27NO.ClH/c1-2-14-23(22(25)17-24-15-8-3-9-16-24)20-12-6-4-10-18(20)19-11-5-7-13-21(19)23;/h4-7,10-13H,2-3,8-9,14-17H2,1H3;1H. The van der Waals surface area contributed by atoms with E-state index in [9.17, 15) is 4.79 Å². The van der Waals surface area contributed by atoms with Gasteiger partial charge in [-0.3, -0.25) is 9.69 Å². The lowest BCUT2D eigenvalue weighted by Gasteiger charge is -2.34. The molecular weight excluding hydrogens is 342 g/mol. The molecule has 138 valence electrons. The second-order valence-corrected chi connectivity index (χ2v) is 7.51. The van der Waals surface area contributed by atoms with Gasteiger partial charge in [0.25, 0.3) is 0 Å². The number of carbonyl (C=O) groups excluding carboxylic acids is 1. The van der Waals surface area contributed by atoms with E-state index in [0.29, 0.717) is 12.3 Å². The van der Waals surface area contributed by atoms with Crippen molar-refractivity contribution in [1.29, 1.82) is 0 Å². The van der Waals surface area contributed by atoms with Gasteiger partial charge < -0.3 is 0 Å². The summed E-state index contributed by atoms with van der Waals surface area (Å²) in [4.78, 5) is 16.1. The van der Waals surface area contributed by atoms with Crippen molar-refractivity contribution in [2.75, 3.05) is 19.6 Å². The average Bonchev–Trinajstić information content (AvgIpc) is 2.95. The van der Waals surface area contributed by atoms with Crippen LogP contribution in [0.25, 0.3) is 11.1 Å². The van der Waals surface area contributed by atoms with Gasteiger partial charge >= 0.3 is 0 Å². The van der Waals surface area contributed by atoms with Crippen molar-refractivity contribution in [3.63, 3.8) is 0 Å². The number of ketones is 1. The van der Waals surface area contributed by atoms with Crippen LogP contribution in [0.5, 0.6) is 0 Å². The molecule has 2 aliphatic rings. The number of nitrogens with zero attached hydrogens (tertiary/aromatic N) is 1. The van der Waals surface area contributed by atoms with E-state index in [0.717, 1.165) is 25.9 Å². The number of halogens is 1. The van der Waals surface area contributed by atoms with E-state index in [1.807, 2.05) is 0 Å². The fourth-order valence-electron chi connectivity index (χ4n) is 4.87. The summed E-state index contributed by atoms with van der Waals surface area (Å²) in [5.74, 6) is 0.383. The Morgan fingerprint density at radius 3 is 2.00 bits per heavy atom. The smallest absolute Gasteiger partial charge is 0.161 e. The molecule has 0 unspecified atom stereocenters. The molecule has 26 heavy (non-hydrogen) atoms. The maximum atomic E-state index is 13.7. The van der Waals surface area contributed by atoms with Crippen molar-refractivity contribution >= 4 is 18.2 Å². The molecule has 1 fully saturated rings. The Labute approximate surface area is 163 Å². The van der Waals surface area contributed by atoms with Crippen molar-refractivity contribution in [3.8, 4) is 11.1 Å². The monoisotopic (exact) mass is 369 g/mol. The summed E-state index contributed by atoms with van der Waals surface area (Å²) >= 11 is 0. The normalized spacial score (nSPS) is 17.9. The number of benzene rings is 2. The van der Waals surface area contributed by atoms with Crippen molar-refractivity contribution in [2.24, 2.45) is 0 Å². The molecule has 4 rings (SSSR count). The largest absolute Gasteiger partial charge is 0.297 e. The molecule has 0 atom stereocenters. The zero-order valence-electron chi connectivity index (χ0n) is 15.5. The van der Waals surface area contributed by atoms with Gasteiger partial charge in [0.05, 0.1) is 12.0 Å². The lowest BCUT2D eigenvalue weighted by Crippen LogP contribution is -2.44.